The van der Waals surface area contributed by atoms with Crippen molar-refractivity contribution < 1.29 is 0 Å². The van der Waals surface area contributed by atoms with Gasteiger partial charge in [0.1, 0.15) is 0 Å². The Labute approximate surface area is 95.1 Å². The molecule has 2 aromatic heterocycles. The van der Waals surface area contributed by atoms with Crippen LogP contribution in [-0.4, -0.2) is 14.8 Å². The maximum atomic E-state index is 5.93. The fourth-order valence-electron chi connectivity index (χ4n) is 1.80. The minimum absolute atomic E-state index is 0.702. The van der Waals surface area contributed by atoms with Crippen molar-refractivity contribution in [1.82, 2.24) is 14.8 Å². The van der Waals surface area contributed by atoms with Crippen molar-refractivity contribution in [3.05, 3.63) is 30.2 Å². The molecule has 0 atom stereocenters. The maximum absolute atomic E-state index is 5.93. The third-order valence-corrected chi connectivity index (χ3v) is 2.49. The van der Waals surface area contributed by atoms with E-state index in [1.165, 1.54) is 0 Å². The van der Waals surface area contributed by atoms with Gasteiger partial charge in [-0.2, -0.15) is 5.10 Å². The standard InChI is InChI=1S/C12H16N4/c1-3-5-11-9(8-16(2)15-11)12-10(13)6-4-7-14-12/h4,6-8H,3,5,13H2,1-2H3. The Hall–Kier alpha value is -1.84. The molecule has 0 amide bonds. The molecule has 0 saturated carbocycles. The molecule has 0 spiro atoms. The second kappa shape index (κ2) is 4.35. The minimum atomic E-state index is 0.702. The van der Waals surface area contributed by atoms with E-state index in [9.17, 15) is 0 Å². The Balaban J connectivity index is 2.51. The predicted molar refractivity (Wildman–Crippen MR) is 64.8 cm³/mol. The van der Waals surface area contributed by atoms with Crippen molar-refractivity contribution in [2.75, 3.05) is 5.73 Å². The summed E-state index contributed by atoms with van der Waals surface area (Å²) in [6.45, 7) is 2.14. The molecule has 84 valence electrons. The number of pyridine rings is 1. The zero-order valence-electron chi connectivity index (χ0n) is 9.64. The summed E-state index contributed by atoms with van der Waals surface area (Å²) in [6, 6.07) is 3.71. The molecule has 2 N–H and O–H groups in total. The average Bonchev–Trinajstić information content (AvgIpc) is 2.61. The van der Waals surface area contributed by atoms with Gasteiger partial charge in [0.2, 0.25) is 0 Å². The Morgan fingerprint density at radius 3 is 2.94 bits per heavy atom. The van der Waals surface area contributed by atoms with E-state index in [4.69, 9.17) is 5.73 Å². The van der Waals surface area contributed by atoms with Crippen LogP contribution in [0.15, 0.2) is 24.5 Å². The molecule has 4 heteroatoms. The first kappa shape index (κ1) is 10.7. The topological polar surface area (TPSA) is 56.7 Å². The zero-order valence-corrected chi connectivity index (χ0v) is 9.64. The van der Waals surface area contributed by atoms with Crippen LogP contribution in [-0.2, 0) is 13.5 Å². The number of hydrogen-bond donors (Lipinski definition) is 1. The lowest BCUT2D eigenvalue weighted by Crippen LogP contribution is -1.95. The largest absolute Gasteiger partial charge is 0.397 e. The van der Waals surface area contributed by atoms with Crippen LogP contribution >= 0.6 is 0 Å². The van der Waals surface area contributed by atoms with E-state index in [0.29, 0.717) is 5.69 Å². The predicted octanol–water partition coefficient (Wildman–Crippen LogP) is 2.02. The van der Waals surface area contributed by atoms with Crippen LogP contribution in [0.3, 0.4) is 0 Å². The molecule has 0 aliphatic heterocycles. The van der Waals surface area contributed by atoms with Crippen LogP contribution in [0, 0.1) is 0 Å². The van der Waals surface area contributed by atoms with Crippen LogP contribution in [0.25, 0.3) is 11.3 Å². The van der Waals surface area contributed by atoms with E-state index in [0.717, 1.165) is 29.8 Å². The summed E-state index contributed by atoms with van der Waals surface area (Å²) in [5.74, 6) is 0. The van der Waals surface area contributed by atoms with Crippen molar-refractivity contribution in [3.8, 4) is 11.3 Å². The van der Waals surface area contributed by atoms with Crippen molar-refractivity contribution in [2.45, 2.75) is 19.8 Å². The molecule has 2 heterocycles. The highest BCUT2D eigenvalue weighted by Crippen LogP contribution is 2.26. The van der Waals surface area contributed by atoms with Gasteiger partial charge >= 0.3 is 0 Å². The van der Waals surface area contributed by atoms with E-state index in [2.05, 4.69) is 17.0 Å². The molecule has 0 aromatic carbocycles. The Kier molecular flexibility index (Phi) is 2.90. The first-order valence-corrected chi connectivity index (χ1v) is 5.45. The molecular formula is C12H16N4. The van der Waals surface area contributed by atoms with Gasteiger partial charge in [0.15, 0.2) is 0 Å². The lowest BCUT2D eigenvalue weighted by atomic mass is 10.1. The molecule has 0 fully saturated rings. The SMILES string of the molecule is CCCc1nn(C)cc1-c1ncccc1N. The van der Waals surface area contributed by atoms with Gasteiger partial charge < -0.3 is 5.73 Å². The van der Waals surface area contributed by atoms with Crippen LogP contribution in [0.1, 0.15) is 19.0 Å². The molecule has 2 aromatic rings. The summed E-state index contributed by atoms with van der Waals surface area (Å²) in [4.78, 5) is 4.33. The number of aryl methyl sites for hydroxylation is 2. The van der Waals surface area contributed by atoms with Gasteiger partial charge in [0.05, 0.1) is 17.1 Å². The third-order valence-electron chi connectivity index (χ3n) is 2.49. The molecule has 4 nitrogen and oxygen atoms in total. The third kappa shape index (κ3) is 1.91. The van der Waals surface area contributed by atoms with Crippen molar-refractivity contribution in [1.29, 1.82) is 0 Å². The summed E-state index contributed by atoms with van der Waals surface area (Å²) < 4.78 is 1.81. The second-order valence-corrected chi connectivity index (χ2v) is 3.85. The van der Waals surface area contributed by atoms with E-state index in [-0.39, 0.29) is 0 Å². The smallest absolute Gasteiger partial charge is 0.0965 e. The van der Waals surface area contributed by atoms with E-state index in [1.54, 1.807) is 6.20 Å². The fraction of sp³-hybridized carbons (Fsp3) is 0.333. The van der Waals surface area contributed by atoms with Gasteiger partial charge in [0.25, 0.3) is 0 Å². The summed E-state index contributed by atoms with van der Waals surface area (Å²) in [6.07, 6.45) is 5.75. The molecule has 0 aliphatic rings. The Morgan fingerprint density at radius 2 is 2.25 bits per heavy atom. The maximum Gasteiger partial charge on any atom is 0.0965 e. The number of rotatable bonds is 3. The average molecular weight is 216 g/mol. The van der Waals surface area contributed by atoms with Gasteiger partial charge in [0, 0.05) is 25.0 Å². The van der Waals surface area contributed by atoms with Crippen LogP contribution in [0.2, 0.25) is 0 Å². The summed E-state index contributed by atoms with van der Waals surface area (Å²) in [5, 5.41) is 4.44. The highest BCUT2D eigenvalue weighted by Gasteiger charge is 2.12. The number of nitrogen functional groups attached to an aromatic ring is 1. The minimum Gasteiger partial charge on any atom is -0.397 e. The van der Waals surface area contributed by atoms with Crippen LogP contribution in [0.4, 0.5) is 5.69 Å². The first-order chi connectivity index (χ1) is 7.72. The summed E-state index contributed by atoms with van der Waals surface area (Å²) in [7, 11) is 1.92. The molecule has 0 bridgehead atoms. The van der Waals surface area contributed by atoms with Crippen LogP contribution in [0.5, 0.6) is 0 Å². The van der Waals surface area contributed by atoms with Gasteiger partial charge in [-0.15, -0.1) is 0 Å². The molecule has 0 saturated heterocycles. The molecule has 2 rings (SSSR count). The highest BCUT2D eigenvalue weighted by molar-refractivity contribution is 5.73. The van der Waals surface area contributed by atoms with Crippen LogP contribution < -0.4 is 5.73 Å². The summed E-state index contributed by atoms with van der Waals surface area (Å²) >= 11 is 0. The van der Waals surface area contributed by atoms with Gasteiger partial charge in [-0.3, -0.25) is 9.67 Å². The van der Waals surface area contributed by atoms with E-state index in [1.807, 2.05) is 30.1 Å². The molecule has 16 heavy (non-hydrogen) atoms. The van der Waals surface area contributed by atoms with Crippen molar-refractivity contribution in [3.63, 3.8) is 0 Å². The zero-order chi connectivity index (χ0) is 11.5. The number of nitrogens with two attached hydrogens (primary N) is 1. The normalized spacial score (nSPS) is 10.6. The second-order valence-electron chi connectivity index (χ2n) is 3.85. The van der Waals surface area contributed by atoms with Gasteiger partial charge in [-0.25, -0.2) is 0 Å². The lowest BCUT2D eigenvalue weighted by molar-refractivity contribution is 0.733. The fourth-order valence-corrected chi connectivity index (χ4v) is 1.80. The molecule has 0 radical (unpaired) electrons. The van der Waals surface area contributed by atoms with Gasteiger partial charge in [-0.05, 0) is 18.6 Å². The number of nitrogens with zero attached hydrogens (tertiary/aromatic N) is 3. The lowest BCUT2D eigenvalue weighted by Gasteiger charge is -2.03. The highest BCUT2D eigenvalue weighted by atomic mass is 15.3. The quantitative estimate of drug-likeness (QED) is 0.854. The monoisotopic (exact) mass is 216 g/mol. The van der Waals surface area contributed by atoms with Crippen molar-refractivity contribution in [2.24, 2.45) is 7.05 Å². The molecule has 0 aliphatic carbocycles. The van der Waals surface area contributed by atoms with E-state index < -0.39 is 0 Å². The van der Waals surface area contributed by atoms with E-state index >= 15 is 0 Å². The molecule has 0 unspecified atom stereocenters. The summed E-state index contributed by atoms with van der Waals surface area (Å²) in [5.41, 5.74) is 9.57. The van der Waals surface area contributed by atoms with Crippen molar-refractivity contribution >= 4 is 5.69 Å². The number of anilines is 1. The van der Waals surface area contributed by atoms with Gasteiger partial charge in [-0.1, -0.05) is 13.3 Å². The molecular weight excluding hydrogens is 200 g/mol. The number of aromatic nitrogens is 3. The number of hydrogen-bond acceptors (Lipinski definition) is 3. The first-order valence-electron chi connectivity index (χ1n) is 5.45. The Bertz CT molecular complexity index is 488. The Morgan fingerprint density at radius 1 is 1.44 bits per heavy atom.